The normalized spacial score (nSPS) is 10.8. The Hall–Kier alpha value is -2.69. The zero-order valence-corrected chi connectivity index (χ0v) is 16.8. The second kappa shape index (κ2) is 9.86. The summed E-state index contributed by atoms with van der Waals surface area (Å²) in [5, 5.41) is 6.27. The lowest BCUT2D eigenvalue weighted by Crippen LogP contribution is -2.17. The molecular weight excluding hydrogens is 340 g/mol. The Kier molecular flexibility index (Phi) is 7.53. The van der Waals surface area contributed by atoms with Crippen LogP contribution in [0.25, 0.3) is 0 Å². The van der Waals surface area contributed by atoms with Gasteiger partial charge in [0.05, 0.1) is 12.7 Å². The van der Waals surface area contributed by atoms with Crippen molar-refractivity contribution in [2.75, 3.05) is 17.2 Å². The number of rotatable bonds is 9. The molecular formula is C22H30N2O3. The van der Waals surface area contributed by atoms with Gasteiger partial charge in [-0.15, -0.1) is 0 Å². The van der Waals surface area contributed by atoms with Gasteiger partial charge in [-0.3, -0.25) is 4.79 Å². The van der Waals surface area contributed by atoms with Gasteiger partial charge in [-0.25, -0.2) is 0 Å². The Morgan fingerprint density at radius 2 is 1.63 bits per heavy atom. The van der Waals surface area contributed by atoms with Gasteiger partial charge in [0, 0.05) is 23.8 Å². The summed E-state index contributed by atoms with van der Waals surface area (Å²) >= 11 is 0. The van der Waals surface area contributed by atoms with Gasteiger partial charge in [0.15, 0.2) is 11.5 Å². The molecule has 0 heterocycles. The third-order valence-electron chi connectivity index (χ3n) is 3.84. The van der Waals surface area contributed by atoms with Crippen LogP contribution in [0, 0.1) is 5.92 Å². The molecule has 0 aliphatic rings. The van der Waals surface area contributed by atoms with Gasteiger partial charge in [0.25, 0.3) is 0 Å². The van der Waals surface area contributed by atoms with Crippen LogP contribution in [0.5, 0.6) is 11.5 Å². The summed E-state index contributed by atoms with van der Waals surface area (Å²) in [6.45, 7) is 11.0. The number of anilines is 2. The van der Waals surface area contributed by atoms with Crippen molar-refractivity contribution in [3.63, 3.8) is 0 Å². The van der Waals surface area contributed by atoms with Crippen molar-refractivity contribution >= 4 is 17.3 Å². The van der Waals surface area contributed by atoms with E-state index in [-0.39, 0.29) is 17.9 Å². The molecule has 0 aromatic heterocycles. The van der Waals surface area contributed by atoms with Crippen LogP contribution >= 0.6 is 0 Å². The van der Waals surface area contributed by atoms with E-state index in [9.17, 15) is 4.79 Å². The smallest absolute Gasteiger partial charge is 0.226 e. The molecule has 1 amide bonds. The fourth-order valence-corrected chi connectivity index (χ4v) is 2.44. The zero-order chi connectivity index (χ0) is 19.8. The van der Waals surface area contributed by atoms with Crippen LogP contribution in [0.3, 0.4) is 0 Å². The van der Waals surface area contributed by atoms with E-state index in [0.29, 0.717) is 13.2 Å². The molecule has 0 aliphatic carbocycles. The van der Waals surface area contributed by atoms with E-state index in [1.165, 1.54) is 0 Å². The van der Waals surface area contributed by atoms with Crippen LogP contribution in [-0.4, -0.2) is 18.6 Å². The Morgan fingerprint density at radius 3 is 2.22 bits per heavy atom. The number of amides is 1. The molecule has 2 N–H and O–H groups in total. The maximum atomic E-state index is 11.7. The first-order valence-electron chi connectivity index (χ1n) is 9.46. The summed E-state index contributed by atoms with van der Waals surface area (Å²) in [5.74, 6) is 1.51. The molecule has 0 aliphatic heterocycles. The first-order valence-corrected chi connectivity index (χ1v) is 9.46. The lowest BCUT2D eigenvalue weighted by atomic mass is 10.2. The highest BCUT2D eigenvalue weighted by Crippen LogP contribution is 2.29. The molecule has 2 aromatic carbocycles. The lowest BCUT2D eigenvalue weighted by molar-refractivity contribution is -0.118. The van der Waals surface area contributed by atoms with Crippen molar-refractivity contribution in [1.29, 1.82) is 0 Å². The SMILES string of the molecule is CCOc1cc(CNc2ccc(NC(=O)C(C)C)cc2)ccc1OC(C)C. The predicted octanol–water partition coefficient (Wildman–Crippen LogP) is 5.08. The molecule has 2 rings (SSSR count). The van der Waals surface area contributed by atoms with Crippen molar-refractivity contribution in [1.82, 2.24) is 0 Å². The molecule has 5 heteroatoms. The maximum absolute atomic E-state index is 11.7. The van der Waals surface area contributed by atoms with Crippen LogP contribution in [0.1, 0.15) is 40.2 Å². The highest BCUT2D eigenvalue weighted by atomic mass is 16.5. The molecule has 0 spiro atoms. The van der Waals surface area contributed by atoms with Crippen LogP contribution in [0.2, 0.25) is 0 Å². The molecule has 0 bridgehead atoms. The molecule has 5 nitrogen and oxygen atoms in total. The average molecular weight is 370 g/mol. The monoisotopic (exact) mass is 370 g/mol. The number of benzene rings is 2. The molecule has 27 heavy (non-hydrogen) atoms. The Balaban J connectivity index is 1.99. The number of ether oxygens (including phenoxy) is 2. The molecule has 0 saturated carbocycles. The van der Waals surface area contributed by atoms with Crippen molar-refractivity contribution < 1.29 is 14.3 Å². The fourth-order valence-electron chi connectivity index (χ4n) is 2.44. The Morgan fingerprint density at radius 1 is 0.963 bits per heavy atom. The quantitative estimate of drug-likeness (QED) is 0.646. The number of hydrogen-bond donors (Lipinski definition) is 2. The van der Waals surface area contributed by atoms with E-state index in [0.717, 1.165) is 28.4 Å². The standard InChI is InChI=1S/C22H30N2O3/c1-6-26-21-13-17(7-12-20(21)27-16(4)5)14-23-18-8-10-19(11-9-18)24-22(25)15(2)3/h7-13,15-16,23H,6,14H2,1-5H3,(H,24,25). The first-order chi connectivity index (χ1) is 12.9. The summed E-state index contributed by atoms with van der Waals surface area (Å²) in [4.78, 5) is 11.7. The second-order valence-corrected chi connectivity index (χ2v) is 6.96. The minimum atomic E-state index is -0.0371. The van der Waals surface area contributed by atoms with Gasteiger partial charge in [-0.05, 0) is 62.7 Å². The molecule has 0 saturated heterocycles. The minimum Gasteiger partial charge on any atom is -0.490 e. The van der Waals surface area contributed by atoms with Gasteiger partial charge < -0.3 is 20.1 Å². The highest BCUT2D eigenvalue weighted by molar-refractivity contribution is 5.92. The van der Waals surface area contributed by atoms with E-state index in [1.807, 2.05) is 77.1 Å². The lowest BCUT2D eigenvalue weighted by Gasteiger charge is -2.16. The largest absolute Gasteiger partial charge is 0.490 e. The molecule has 0 unspecified atom stereocenters. The summed E-state index contributed by atoms with van der Waals surface area (Å²) in [6, 6.07) is 13.7. The van der Waals surface area contributed by atoms with Crippen molar-refractivity contribution in [3.05, 3.63) is 48.0 Å². The number of hydrogen-bond acceptors (Lipinski definition) is 4. The van der Waals surface area contributed by atoms with E-state index in [1.54, 1.807) is 0 Å². The Labute approximate surface area is 162 Å². The van der Waals surface area contributed by atoms with Crippen LogP contribution in [0.15, 0.2) is 42.5 Å². The van der Waals surface area contributed by atoms with Crippen LogP contribution in [-0.2, 0) is 11.3 Å². The van der Waals surface area contributed by atoms with Gasteiger partial charge in [0.1, 0.15) is 0 Å². The molecule has 0 fully saturated rings. The van der Waals surface area contributed by atoms with Crippen LogP contribution < -0.4 is 20.1 Å². The minimum absolute atomic E-state index is 0.0165. The molecule has 2 aromatic rings. The van der Waals surface area contributed by atoms with Gasteiger partial charge in [0.2, 0.25) is 5.91 Å². The predicted molar refractivity (Wildman–Crippen MR) is 111 cm³/mol. The number of nitrogens with one attached hydrogen (secondary N) is 2. The topological polar surface area (TPSA) is 59.6 Å². The number of carbonyl (C=O) groups excluding carboxylic acids is 1. The third-order valence-corrected chi connectivity index (χ3v) is 3.84. The van der Waals surface area contributed by atoms with Crippen LogP contribution in [0.4, 0.5) is 11.4 Å². The third kappa shape index (κ3) is 6.51. The first kappa shape index (κ1) is 20.6. The van der Waals surface area contributed by atoms with Crippen molar-refractivity contribution in [2.24, 2.45) is 5.92 Å². The maximum Gasteiger partial charge on any atom is 0.226 e. The average Bonchev–Trinajstić information content (AvgIpc) is 2.62. The fraction of sp³-hybridized carbons (Fsp3) is 0.409. The van der Waals surface area contributed by atoms with Crippen molar-refractivity contribution in [3.8, 4) is 11.5 Å². The highest BCUT2D eigenvalue weighted by Gasteiger charge is 2.09. The summed E-state index contributed by atoms with van der Waals surface area (Å²) in [6.07, 6.45) is 0.0999. The van der Waals surface area contributed by atoms with E-state index < -0.39 is 0 Å². The van der Waals surface area contributed by atoms with E-state index >= 15 is 0 Å². The Bertz CT molecular complexity index is 740. The van der Waals surface area contributed by atoms with E-state index in [2.05, 4.69) is 10.6 Å². The summed E-state index contributed by atoms with van der Waals surface area (Å²) < 4.78 is 11.5. The van der Waals surface area contributed by atoms with Crippen molar-refractivity contribution in [2.45, 2.75) is 47.3 Å². The zero-order valence-electron chi connectivity index (χ0n) is 16.8. The summed E-state index contributed by atoms with van der Waals surface area (Å²) in [5.41, 5.74) is 2.89. The van der Waals surface area contributed by atoms with Gasteiger partial charge >= 0.3 is 0 Å². The van der Waals surface area contributed by atoms with Gasteiger partial charge in [-0.2, -0.15) is 0 Å². The molecule has 0 radical (unpaired) electrons. The summed E-state index contributed by atoms with van der Waals surface area (Å²) in [7, 11) is 0. The van der Waals surface area contributed by atoms with Gasteiger partial charge in [-0.1, -0.05) is 19.9 Å². The number of carbonyl (C=O) groups is 1. The van der Waals surface area contributed by atoms with E-state index in [4.69, 9.17) is 9.47 Å². The molecule has 0 atom stereocenters. The second-order valence-electron chi connectivity index (χ2n) is 6.96. The molecule has 146 valence electrons.